The molecule has 0 amide bonds. The molecule has 142 valence electrons. The predicted molar refractivity (Wildman–Crippen MR) is 107 cm³/mol. The molecule has 5 nitrogen and oxygen atoms in total. The number of aromatic amines is 1. The summed E-state index contributed by atoms with van der Waals surface area (Å²) in [5.41, 5.74) is 4.82. The standard InChI is InChI=1S/C23H21NO4/c1-14-21(22(25)19-4-2-3-5-20(19)24-14)15-6-10-17(11-7-15)28-18-12-8-16(9-13-18)23(26)27/h6-13H,2-5H2,1H3,(H,24,25)(H,26,27). The van der Waals surface area contributed by atoms with E-state index >= 15 is 0 Å². The zero-order chi connectivity index (χ0) is 19.7. The molecule has 1 aliphatic rings. The highest BCUT2D eigenvalue weighted by molar-refractivity contribution is 5.87. The van der Waals surface area contributed by atoms with Crippen LogP contribution in [0.5, 0.6) is 11.5 Å². The molecule has 0 radical (unpaired) electrons. The highest BCUT2D eigenvalue weighted by Gasteiger charge is 2.18. The smallest absolute Gasteiger partial charge is 0.335 e. The minimum absolute atomic E-state index is 0.129. The number of aromatic nitrogens is 1. The van der Waals surface area contributed by atoms with Gasteiger partial charge in [-0.2, -0.15) is 0 Å². The van der Waals surface area contributed by atoms with Crippen LogP contribution >= 0.6 is 0 Å². The van der Waals surface area contributed by atoms with Crippen LogP contribution in [-0.4, -0.2) is 16.1 Å². The molecule has 0 saturated heterocycles. The third kappa shape index (κ3) is 3.43. The summed E-state index contributed by atoms with van der Waals surface area (Å²) >= 11 is 0. The van der Waals surface area contributed by atoms with Crippen LogP contribution in [0.4, 0.5) is 0 Å². The first-order valence-corrected chi connectivity index (χ1v) is 9.39. The van der Waals surface area contributed by atoms with E-state index in [0.717, 1.165) is 53.8 Å². The molecule has 4 rings (SSSR count). The van der Waals surface area contributed by atoms with Gasteiger partial charge in [0, 0.05) is 22.5 Å². The maximum Gasteiger partial charge on any atom is 0.335 e. The van der Waals surface area contributed by atoms with Crippen molar-refractivity contribution in [1.29, 1.82) is 0 Å². The molecule has 3 aromatic rings. The highest BCUT2D eigenvalue weighted by Crippen LogP contribution is 2.27. The Morgan fingerprint density at radius 1 is 0.964 bits per heavy atom. The van der Waals surface area contributed by atoms with Crippen molar-refractivity contribution in [3.05, 3.63) is 81.3 Å². The van der Waals surface area contributed by atoms with Crippen molar-refractivity contribution in [2.75, 3.05) is 0 Å². The lowest BCUT2D eigenvalue weighted by molar-refractivity contribution is 0.0697. The van der Waals surface area contributed by atoms with Crippen LogP contribution in [-0.2, 0) is 12.8 Å². The number of carboxylic acids is 1. The Balaban J connectivity index is 1.60. The Labute approximate surface area is 162 Å². The third-order valence-corrected chi connectivity index (χ3v) is 5.16. The van der Waals surface area contributed by atoms with Gasteiger partial charge in [0.2, 0.25) is 0 Å². The Hall–Kier alpha value is -3.34. The SMILES string of the molecule is Cc1[nH]c2c(c(=O)c1-c1ccc(Oc3ccc(C(=O)O)cc3)cc1)CCCC2. The fraction of sp³-hybridized carbons (Fsp3) is 0.217. The van der Waals surface area contributed by atoms with Crippen molar-refractivity contribution in [2.24, 2.45) is 0 Å². The van der Waals surface area contributed by atoms with E-state index in [1.54, 1.807) is 12.1 Å². The van der Waals surface area contributed by atoms with Gasteiger partial charge in [-0.3, -0.25) is 4.79 Å². The largest absolute Gasteiger partial charge is 0.478 e. The van der Waals surface area contributed by atoms with E-state index in [-0.39, 0.29) is 11.0 Å². The van der Waals surface area contributed by atoms with E-state index in [1.165, 1.54) is 12.1 Å². The summed E-state index contributed by atoms with van der Waals surface area (Å²) in [4.78, 5) is 27.3. The quantitative estimate of drug-likeness (QED) is 0.691. The fourth-order valence-electron chi connectivity index (χ4n) is 3.74. The Kier molecular flexibility index (Phi) is 4.74. The first-order valence-electron chi connectivity index (χ1n) is 9.39. The van der Waals surface area contributed by atoms with Gasteiger partial charge in [-0.25, -0.2) is 4.79 Å². The molecule has 2 N–H and O–H groups in total. The average Bonchev–Trinajstić information content (AvgIpc) is 2.70. The fourth-order valence-corrected chi connectivity index (χ4v) is 3.74. The number of ether oxygens (including phenoxy) is 1. The third-order valence-electron chi connectivity index (χ3n) is 5.16. The predicted octanol–water partition coefficient (Wildman–Crippen LogP) is 4.72. The van der Waals surface area contributed by atoms with E-state index in [1.807, 2.05) is 31.2 Å². The van der Waals surface area contributed by atoms with Gasteiger partial charge in [0.25, 0.3) is 0 Å². The van der Waals surface area contributed by atoms with E-state index in [2.05, 4.69) is 4.98 Å². The van der Waals surface area contributed by atoms with E-state index in [9.17, 15) is 9.59 Å². The Morgan fingerprint density at radius 2 is 1.57 bits per heavy atom. The van der Waals surface area contributed by atoms with Crippen molar-refractivity contribution < 1.29 is 14.6 Å². The van der Waals surface area contributed by atoms with Gasteiger partial charge < -0.3 is 14.8 Å². The highest BCUT2D eigenvalue weighted by atomic mass is 16.5. The first-order chi connectivity index (χ1) is 13.5. The van der Waals surface area contributed by atoms with Gasteiger partial charge in [-0.1, -0.05) is 12.1 Å². The minimum atomic E-state index is -0.971. The van der Waals surface area contributed by atoms with Crippen LogP contribution in [0.25, 0.3) is 11.1 Å². The second-order valence-electron chi connectivity index (χ2n) is 7.07. The summed E-state index contributed by atoms with van der Waals surface area (Å²) in [6, 6.07) is 13.6. The van der Waals surface area contributed by atoms with Crippen LogP contribution in [0, 0.1) is 6.92 Å². The number of benzene rings is 2. The lowest BCUT2D eigenvalue weighted by Crippen LogP contribution is -2.21. The molecule has 5 heteroatoms. The molecule has 2 aromatic carbocycles. The summed E-state index contributed by atoms with van der Waals surface area (Å²) in [5.74, 6) is 0.209. The molecular weight excluding hydrogens is 354 g/mol. The molecule has 28 heavy (non-hydrogen) atoms. The number of fused-ring (bicyclic) bond motifs is 1. The summed E-state index contributed by atoms with van der Waals surface area (Å²) in [6.45, 7) is 1.94. The summed E-state index contributed by atoms with van der Waals surface area (Å²) in [5, 5.41) is 8.95. The number of H-pyrrole nitrogens is 1. The summed E-state index contributed by atoms with van der Waals surface area (Å²) in [6.07, 6.45) is 3.97. The van der Waals surface area contributed by atoms with Crippen molar-refractivity contribution in [3.8, 4) is 22.6 Å². The monoisotopic (exact) mass is 375 g/mol. The van der Waals surface area contributed by atoms with Crippen LogP contribution in [0.1, 0.15) is 40.2 Å². The maximum atomic E-state index is 13.0. The number of nitrogens with one attached hydrogen (secondary N) is 1. The van der Waals surface area contributed by atoms with Gasteiger partial charge in [-0.15, -0.1) is 0 Å². The van der Waals surface area contributed by atoms with Crippen molar-refractivity contribution in [1.82, 2.24) is 4.98 Å². The van der Waals surface area contributed by atoms with Crippen LogP contribution in [0.2, 0.25) is 0 Å². The van der Waals surface area contributed by atoms with E-state index in [4.69, 9.17) is 9.84 Å². The normalized spacial score (nSPS) is 13.0. The lowest BCUT2D eigenvalue weighted by Gasteiger charge is -2.18. The van der Waals surface area contributed by atoms with E-state index in [0.29, 0.717) is 11.5 Å². The number of hydrogen-bond acceptors (Lipinski definition) is 3. The molecule has 1 aliphatic carbocycles. The molecule has 1 aromatic heterocycles. The molecular formula is C23H21NO4. The molecule has 0 unspecified atom stereocenters. The van der Waals surface area contributed by atoms with Crippen LogP contribution in [0.3, 0.4) is 0 Å². The topological polar surface area (TPSA) is 79.4 Å². The second kappa shape index (κ2) is 7.35. The second-order valence-corrected chi connectivity index (χ2v) is 7.07. The Bertz CT molecular complexity index is 1080. The maximum absolute atomic E-state index is 13.0. The number of pyridine rings is 1. The van der Waals surface area contributed by atoms with Gasteiger partial charge in [0.1, 0.15) is 11.5 Å². The molecule has 0 spiro atoms. The van der Waals surface area contributed by atoms with Crippen molar-refractivity contribution in [2.45, 2.75) is 32.6 Å². The zero-order valence-electron chi connectivity index (χ0n) is 15.6. The number of aryl methyl sites for hydroxylation is 2. The average molecular weight is 375 g/mol. The van der Waals surface area contributed by atoms with Gasteiger partial charge in [0.15, 0.2) is 5.43 Å². The number of carbonyl (C=O) groups is 1. The minimum Gasteiger partial charge on any atom is -0.478 e. The van der Waals surface area contributed by atoms with Gasteiger partial charge in [0.05, 0.1) is 5.56 Å². The number of carboxylic acid groups (broad SMARTS) is 1. The molecule has 0 atom stereocenters. The van der Waals surface area contributed by atoms with Crippen LogP contribution in [0.15, 0.2) is 53.3 Å². The molecule has 0 saturated carbocycles. The molecule has 0 aliphatic heterocycles. The number of hydrogen-bond donors (Lipinski definition) is 2. The zero-order valence-corrected chi connectivity index (χ0v) is 15.6. The number of rotatable bonds is 4. The van der Waals surface area contributed by atoms with Crippen molar-refractivity contribution in [3.63, 3.8) is 0 Å². The summed E-state index contributed by atoms with van der Waals surface area (Å²) in [7, 11) is 0. The van der Waals surface area contributed by atoms with Crippen molar-refractivity contribution >= 4 is 5.97 Å². The summed E-state index contributed by atoms with van der Waals surface area (Å²) < 4.78 is 5.78. The molecule has 1 heterocycles. The van der Waals surface area contributed by atoms with Gasteiger partial charge >= 0.3 is 5.97 Å². The van der Waals surface area contributed by atoms with Crippen LogP contribution < -0.4 is 10.2 Å². The molecule has 0 bridgehead atoms. The van der Waals surface area contributed by atoms with Gasteiger partial charge in [-0.05, 0) is 74.6 Å². The van der Waals surface area contributed by atoms with E-state index < -0.39 is 5.97 Å². The number of aromatic carboxylic acids is 1. The molecule has 0 fully saturated rings. The Morgan fingerprint density at radius 3 is 2.21 bits per heavy atom. The first kappa shape index (κ1) is 18.0. The lowest BCUT2D eigenvalue weighted by atomic mass is 9.91.